The van der Waals surface area contributed by atoms with E-state index >= 15 is 0 Å². The first-order valence-electron chi connectivity index (χ1n) is 7.64. The Morgan fingerprint density at radius 3 is 2.71 bits per heavy atom. The van der Waals surface area contributed by atoms with Crippen molar-refractivity contribution in [1.82, 2.24) is 19.4 Å². The molecule has 4 heteroatoms. The van der Waals surface area contributed by atoms with Crippen LogP contribution in [-0.2, 0) is 19.5 Å². The molecule has 2 rings (SSSR count). The van der Waals surface area contributed by atoms with Crippen LogP contribution in [0.5, 0.6) is 0 Å². The third kappa shape index (κ3) is 4.14. The van der Waals surface area contributed by atoms with Gasteiger partial charge in [0.15, 0.2) is 0 Å². The average molecular weight is 286 g/mol. The molecule has 2 aromatic rings. The van der Waals surface area contributed by atoms with Gasteiger partial charge in [0.2, 0.25) is 0 Å². The van der Waals surface area contributed by atoms with Gasteiger partial charge in [-0.2, -0.15) is 0 Å². The number of aryl methyl sites for hydroxylation is 3. The summed E-state index contributed by atoms with van der Waals surface area (Å²) in [6.07, 6.45) is 4.93. The van der Waals surface area contributed by atoms with Crippen LogP contribution >= 0.6 is 0 Å². The highest BCUT2D eigenvalue weighted by atomic mass is 15.2. The Balaban J connectivity index is 2.00. The molecule has 1 atom stereocenters. The normalized spacial score (nSPS) is 12.9. The van der Waals surface area contributed by atoms with Gasteiger partial charge in [0, 0.05) is 43.6 Å². The molecule has 0 unspecified atom stereocenters. The molecule has 2 heterocycles. The monoisotopic (exact) mass is 286 g/mol. The molecule has 0 saturated heterocycles. The van der Waals surface area contributed by atoms with Gasteiger partial charge in [0.1, 0.15) is 5.82 Å². The van der Waals surface area contributed by atoms with Gasteiger partial charge in [-0.05, 0) is 45.5 Å². The van der Waals surface area contributed by atoms with E-state index in [2.05, 4.69) is 72.5 Å². The van der Waals surface area contributed by atoms with Crippen molar-refractivity contribution in [3.63, 3.8) is 0 Å². The zero-order valence-electron chi connectivity index (χ0n) is 13.8. The van der Waals surface area contributed by atoms with Crippen LogP contribution in [0.3, 0.4) is 0 Å². The van der Waals surface area contributed by atoms with Crippen molar-refractivity contribution in [2.24, 2.45) is 0 Å². The number of pyridine rings is 1. The summed E-state index contributed by atoms with van der Waals surface area (Å²) in [6, 6.07) is 4.73. The van der Waals surface area contributed by atoms with Crippen molar-refractivity contribution < 1.29 is 0 Å². The van der Waals surface area contributed by atoms with Crippen LogP contribution in [0.15, 0.2) is 24.5 Å². The summed E-state index contributed by atoms with van der Waals surface area (Å²) >= 11 is 0. The fourth-order valence-corrected chi connectivity index (χ4v) is 2.66. The van der Waals surface area contributed by atoms with Gasteiger partial charge in [-0.15, -0.1) is 0 Å². The van der Waals surface area contributed by atoms with Gasteiger partial charge >= 0.3 is 0 Å². The maximum absolute atomic E-state index is 4.63. The standard InChI is InChI=1S/C17H26N4/c1-6-17-18-7-8-21(17)11-15(4)20(5)12-16-10-13(2)9-14(3)19-16/h7-10,15H,6,11-12H2,1-5H3/t15-/m1/s1. The Labute approximate surface area is 127 Å². The topological polar surface area (TPSA) is 34.0 Å². The lowest BCUT2D eigenvalue weighted by molar-refractivity contribution is 0.223. The molecule has 2 aromatic heterocycles. The third-order valence-electron chi connectivity index (χ3n) is 3.89. The minimum Gasteiger partial charge on any atom is -0.333 e. The molecule has 0 aromatic carbocycles. The van der Waals surface area contributed by atoms with Gasteiger partial charge in [-0.25, -0.2) is 4.98 Å². The van der Waals surface area contributed by atoms with Crippen molar-refractivity contribution in [2.75, 3.05) is 7.05 Å². The maximum atomic E-state index is 4.63. The SMILES string of the molecule is CCc1nccn1C[C@@H](C)N(C)Cc1cc(C)cc(C)n1. The molecule has 0 aliphatic heterocycles. The Kier molecular flexibility index (Phi) is 5.12. The van der Waals surface area contributed by atoms with E-state index in [0.29, 0.717) is 6.04 Å². The fraction of sp³-hybridized carbons (Fsp3) is 0.529. The van der Waals surface area contributed by atoms with Gasteiger partial charge in [0.05, 0.1) is 5.69 Å². The van der Waals surface area contributed by atoms with Crippen LogP contribution in [0.25, 0.3) is 0 Å². The van der Waals surface area contributed by atoms with Crippen LogP contribution in [0.2, 0.25) is 0 Å². The number of rotatable bonds is 6. The van der Waals surface area contributed by atoms with Crippen LogP contribution in [0.1, 0.15) is 36.6 Å². The molecule has 0 spiro atoms. The van der Waals surface area contributed by atoms with Crippen molar-refractivity contribution >= 4 is 0 Å². The number of likely N-dealkylation sites (N-methyl/N-ethyl adjacent to an activating group) is 1. The number of aromatic nitrogens is 3. The molecule has 4 nitrogen and oxygen atoms in total. The molecular formula is C17H26N4. The second-order valence-electron chi connectivity index (χ2n) is 5.89. The van der Waals surface area contributed by atoms with Crippen molar-refractivity contribution in [3.05, 3.63) is 47.3 Å². The van der Waals surface area contributed by atoms with Crippen molar-refractivity contribution in [1.29, 1.82) is 0 Å². The quantitative estimate of drug-likeness (QED) is 0.818. The Bertz CT molecular complexity index is 568. The van der Waals surface area contributed by atoms with Crippen LogP contribution in [0.4, 0.5) is 0 Å². The summed E-state index contributed by atoms with van der Waals surface area (Å²) in [6.45, 7) is 10.4. The number of imidazole rings is 1. The number of hydrogen-bond acceptors (Lipinski definition) is 3. The van der Waals surface area contributed by atoms with E-state index in [4.69, 9.17) is 0 Å². The highest BCUT2D eigenvalue weighted by molar-refractivity contribution is 5.19. The summed E-state index contributed by atoms with van der Waals surface area (Å²) in [7, 11) is 2.16. The van der Waals surface area contributed by atoms with Crippen LogP contribution in [-0.4, -0.2) is 32.5 Å². The molecule has 114 valence electrons. The third-order valence-corrected chi connectivity index (χ3v) is 3.89. The molecule has 0 bridgehead atoms. The molecule has 0 fully saturated rings. The molecule has 0 aliphatic carbocycles. The second-order valence-corrected chi connectivity index (χ2v) is 5.89. The van der Waals surface area contributed by atoms with E-state index in [1.165, 1.54) is 5.56 Å². The van der Waals surface area contributed by atoms with Gasteiger partial charge in [-0.3, -0.25) is 9.88 Å². The van der Waals surface area contributed by atoms with E-state index < -0.39 is 0 Å². The summed E-state index contributed by atoms with van der Waals surface area (Å²) in [4.78, 5) is 11.4. The largest absolute Gasteiger partial charge is 0.333 e. The number of hydrogen-bond donors (Lipinski definition) is 0. The zero-order chi connectivity index (χ0) is 15.4. The molecule has 0 amide bonds. The predicted octanol–water partition coefficient (Wildman–Crippen LogP) is 2.98. The summed E-state index contributed by atoms with van der Waals surface area (Å²) in [5.41, 5.74) is 3.51. The molecule has 0 radical (unpaired) electrons. The summed E-state index contributed by atoms with van der Waals surface area (Å²) < 4.78 is 2.25. The molecular weight excluding hydrogens is 260 g/mol. The maximum Gasteiger partial charge on any atom is 0.108 e. The van der Waals surface area contributed by atoms with Crippen molar-refractivity contribution in [3.8, 4) is 0 Å². The molecule has 0 N–H and O–H groups in total. The summed E-state index contributed by atoms with van der Waals surface area (Å²) in [5.74, 6) is 1.15. The first-order valence-corrected chi connectivity index (χ1v) is 7.64. The fourth-order valence-electron chi connectivity index (χ4n) is 2.66. The first-order chi connectivity index (χ1) is 9.99. The Morgan fingerprint density at radius 2 is 2.05 bits per heavy atom. The smallest absolute Gasteiger partial charge is 0.108 e. The second kappa shape index (κ2) is 6.85. The highest BCUT2D eigenvalue weighted by Crippen LogP contribution is 2.10. The van der Waals surface area contributed by atoms with E-state index in [1.807, 2.05) is 6.20 Å². The zero-order valence-corrected chi connectivity index (χ0v) is 13.8. The average Bonchev–Trinajstić information content (AvgIpc) is 2.84. The van der Waals surface area contributed by atoms with E-state index in [9.17, 15) is 0 Å². The summed E-state index contributed by atoms with van der Waals surface area (Å²) in [5, 5.41) is 0. The predicted molar refractivity (Wildman–Crippen MR) is 86.2 cm³/mol. The molecule has 0 saturated carbocycles. The Hall–Kier alpha value is -1.68. The minimum atomic E-state index is 0.437. The highest BCUT2D eigenvalue weighted by Gasteiger charge is 2.13. The van der Waals surface area contributed by atoms with Crippen LogP contribution < -0.4 is 0 Å². The molecule has 0 aliphatic rings. The van der Waals surface area contributed by atoms with E-state index in [-0.39, 0.29) is 0 Å². The minimum absolute atomic E-state index is 0.437. The van der Waals surface area contributed by atoms with Crippen LogP contribution in [0, 0.1) is 13.8 Å². The van der Waals surface area contributed by atoms with Gasteiger partial charge in [-0.1, -0.05) is 6.92 Å². The Morgan fingerprint density at radius 1 is 1.29 bits per heavy atom. The first kappa shape index (κ1) is 15.7. The van der Waals surface area contributed by atoms with Gasteiger partial charge in [0.25, 0.3) is 0 Å². The molecule has 21 heavy (non-hydrogen) atoms. The lowest BCUT2D eigenvalue weighted by Crippen LogP contribution is -2.33. The van der Waals surface area contributed by atoms with E-state index in [1.54, 1.807) is 0 Å². The lowest BCUT2D eigenvalue weighted by atomic mass is 10.2. The van der Waals surface area contributed by atoms with E-state index in [0.717, 1.165) is 36.7 Å². The van der Waals surface area contributed by atoms with Gasteiger partial charge < -0.3 is 4.57 Å². The van der Waals surface area contributed by atoms with Crippen molar-refractivity contribution in [2.45, 2.75) is 53.2 Å². The number of nitrogens with zero attached hydrogens (tertiary/aromatic N) is 4. The lowest BCUT2D eigenvalue weighted by Gasteiger charge is -2.25.